The molecule has 0 bridgehead atoms. The zero-order valence-corrected chi connectivity index (χ0v) is 22.3. The molecule has 0 spiro atoms. The number of hydrogen-bond acceptors (Lipinski definition) is 5. The van der Waals surface area contributed by atoms with Gasteiger partial charge < -0.3 is 19.1 Å². The molecule has 0 unspecified atom stereocenters. The third-order valence-corrected chi connectivity index (χ3v) is 6.73. The minimum Gasteiger partial charge on any atom is -0.493 e. The molecule has 1 aliphatic rings. The molecule has 6 heteroatoms. The Morgan fingerprint density at radius 1 is 0.944 bits per heavy atom. The number of amides is 1. The second kappa shape index (κ2) is 16.2. The fourth-order valence-electron chi connectivity index (χ4n) is 4.48. The highest BCUT2D eigenvalue weighted by Gasteiger charge is 2.18. The lowest BCUT2D eigenvalue weighted by Crippen LogP contribution is -2.42. The number of unbranched alkanes of at least 4 members (excludes halogenated alkanes) is 5. The van der Waals surface area contributed by atoms with Gasteiger partial charge in [-0.05, 0) is 29.7 Å². The van der Waals surface area contributed by atoms with Crippen molar-refractivity contribution in [1.82, 2.24) is 9.80 Å². The maximum absolute atomic E-state index is 13.2. The maximum Gasteiger partial charge on any atom is 0.222 e. The van der Waals surface area contributed by atoms with Crippen LogP contribution >= 0.6 is 0 Å². The van der Waals surface area contributed by atoms with E-state index in [1.165, 1.54) is 25.7 Å². The largest absolute Gasteiger partial charge is 0.493 e. The van der Waals surface area contributed by atoms with Gasteiger partial charge in [-0.15, -0.1) is 0 Å². The van der Waals surface area contributed by atoms with E-state index < -0.39 is 0 Å². The number of morpholine rings is 1. The van der Waals surface area contributed by atoms with Gasteiger partial charge in [-0.25, -0.2) is 0 Å². The van der Waals surface area contributed by atoms with E-state index in [-0.39, 0.29) is 5.91 Å². The quantitative estimate of drug-likeness (QED) is 0.280. The normalized spacial score (nSPS) is 13.9. The van der Waals surface area contributed by atoms with Crippen LogP contribution in [-0.2, 0) is 22.7 Å². The van der Waals surface area contributed by atoms with Crippen molar-refractivity contribution in [3.63, 3.8) is 0 Å². The number of carbonyl (C=O) groups is 1. The number of hydrogen-bond donors (Lipinski definition) is 0. The highest BCUT2D eigenvalue weighted by Crippen LogP contribution is 2.29. The molecular weight excluding hydrogens is 452 g/mol. The monoisotopic (exact) mass is 496 g/mol. The molecule has 1 saturated heterocycles. The van der Waals surface area contributed by atoms with Gasteiger partial charge in [0, 0.05) is 39.1 Å². The van der Waals surface area contributed by atoms with Crippen molar-refractivity contribution in [2.75, 3.05) is 46.5 Å². The number of methoxy groups -OCH3 is 1. The van der Waals surface area contributed by atoms with Gasteiger partial charge >= 0.3 is 0 Å². The summed E-state index contributed by atoms with van der Waals surface area (Å²) in [6.45, 7) is 8.30. The molecule has 1 heterocycles. The van der Waals surface area contributed by atoms with Crippen molar-refractivity contribution >= 4 is 5.91 Å². The topological polar surface area (TPSA) is 51.2 Å². The molecule has 1 fully saturated rings. The van der Waals surface area contributed by atoms with E-state index in [9.17, 15) is 4.79 Å². The molecule has 0 aliphatic carbocycles. The first kappa shape index (κ1) is 28.0. The van der Waals surface area contributed by atoms with Crippen LogP contribution in [0.15, 0.2) is 48.5 Å². The summed E-state index contributed by atoms with van der Waals surface area (Å²) in [5.74, 6) is 1.64. The van der Waals surface area contributed by atoms with Gasteiger partial charge in [-0.3, -0.25) is 9.69 Å². The lowest BCUT2D eigenvalue weighted by atomic mass is 10.1. The summed E-state index contributed by atoms with van der Waals surface area (Å²) in [7, 11) is 1.66. The van der Waals surface area contributed by atoms with E-state index in [1.54, 1.807) is 7.11 Å². The molecule has 2 aromatic rings. The first-order chi connectivity index (χ1) is 17.7. The number of ether oxygens (including phenoxy) is 3. The van der Waals surface area contributed by atoms with E-state index in [2.05, 4.69) is 11.8 Å². The zero-order chi connectivity index (χ0) is 25.4. The van der Waals surface area contributed by atoms with E-state index in [0.29, 0.717) is 31.1 Å². The van der Waals surface area contributed by atoms with Crippen LogP contribution in [0.4, 0.5) is 0 Å². The van der Waals surface area contributed by atoms with Crippen LogP contribution in [0.2, 0.25) is 0 Å². The minimum absolute atomic E-state index is 0.238. The average Bonchev–Trinajstić information content (AvgIpc) is 2.93. The molecule has 0 N–H and O–H groups in total. The Morgan fingerprint density at radius 3 is 2.44 bits per heavy atom. The van der Waals surface area contributed by atoms with Crippen molar-refractivity contribution in [2.24, 2.45) is 0 Å². The average molecular weight is 497 g/mol. The Hall–Kier alpha value is -2.57. The molecule has 0 radical (unpaired) electrons. The molecule has 198 valence electrons. The molecule has 0 aromatic heterocycles. The number of rotatable bonds is 16. The Balaban J connectivity index is 1.59. The molecule has 6 nitrogen and oxygen atoms in total. The zero-order valence-electron chi connectivity index (χ0n) is 22.3. The van der Waals surface area contributed by atoms with Gasteiger partial charge in [0.15, 0.2) is 11.5 Å². The number of carbonyl (C=O) groups excluding carboxylic acids is 1. The third kappa shape index (κ3) is 9.82. The summed E-state index contributed by atoms with van der Waals surface area (Å²) in [5, 5.41) is 0. The van der Waals surface area contributed by atoms with Crippen LogP contribution in [0.1, 0.15) is 63.0 Å². The molecule has 2 aromatic carbocycles. The van der Waals surface area contributed by atoms with Gasteiger partial charge in [0.05, 0.1) is 20.3 Å². The van der Waals surface area contributed by atoms with Crippen molar-refractivity contribution in [3.8, 4) is 11.5 Å². The van der Waals surface area contributed by atoms with Crippen molar-refractivity contribution < 1.29 is 19.0 Å². The van der Waals surface area contributed by atoms with Crippen LogP contribution in [-0.4, -0.2) is 62.2 Å². The lowest BCUT2D eigenvalue weighted by molar-refractivity contribution is -0.132. The maximum atomic E-state index is 13.2. The van der Waals surface area contributed by atoms with Gasteiger partial charge in [0.25, 0.3) is 0 Å². The van der Waals surface area contributed by atoms with E-state index in [0.717, 1.165) is 63.4 Å². The standard InChI is InChI=1S/C30H44N2O4/c1-3-4-5-6-7-11-14-30(33)32(18-17-31-19-21-35-22-20-31)24-27-15-16-28(29(23-27)34-2)36-25-26-12-9-8-10-13-26/h8-10,12-13,15-16,23H,3-7,11,14,17-22,24-25H2,1-2H3. The van der Waals surface area contributed by atoms with Crippen LogP contribution in [0, 0.1) is 0 Å². The first-order valence-corrected chi connectivity index (χ1v) is 13.6. The van der Waals surface area contributed by atoms with E-state index in [1.807, 2.05) is 53.4 Å². The minimum atomic E-state index is 0.238. The van der Waals surface area contributed by atoms with E-state index in [4.69, 9.17) is 14.2 Å². The molecule has 1 amide bonds. The van der Waals surface area contributed by atoms with E-state index >= 15 is 0 Å². The van der Waals surface area contributed by atoms with Gasteiger partial charge in [-0.1, -0.05) is 75.4 Å². The summed E-state index contributed by atoms with van der Waals surface area (Å²) in [6, 6.07) is 16.1. The summed E-state index contributed by atoms with van der Waals surface area (Å²) in [5.41, 5.74) is 2.16. The smallest absolute Gasteiger partial charge is 0.222 e. The van der Waals surface area contributed by atoms with Gasteiger partial charge in [-0.2, -0.15) is 0 Å². The number of benzene rings is 2. The Labute approximate surface area is 217 Å². The van der Waals surface area contributed by atoms with Crippen molar-refractivity contribution in [1.29, 1.82) is 0 Å². The van der Waals surface area contributed by atoms with Crippen LogP contribution in [0.5, 0.6) is 11.5 Å². The molecular formula is C30H44N2O4. The predicted molar refractivity (Wildman–Crippen MR) is 144 cm³/mol. The summed E-state index contributed by atoms with van der Waals surface area (Å²) < 4.78 is 17.1. The Kier molecular flexibility index (Phi) is 12.6. The molecule has 36 heavy (non-hydrogen) atoms. The van der Waals surface area contributed by atoms with Crippen molar-refractivity contribution in [3.05, 3.63) is 59.7 Å². The molecule has 1 aliphatic heterocycles. The highest BCUT2D eigenvalue weighted by atomic mass is 16.5. The van der Waals surface area contributed by atoms with Crippen LogP contribution in [0.25, 0.3) is 0 Å². The van der Waals surface area contributed by atoms with Crippen LogP contribution in [0.3, 0.4) is 0 Å². The summed E-state index contributed by atoms with van der Waals surface area (Å²) >= 11 is 0. The third-order valence-electron chi connectivity index (χ3n) is 6.73. The second-order valence-corrected chi connectivity index (χ2v) is 9.55. The fraction of sp³-hybridized carbons (Fsp3) is 0.567. The summed E-state index contributed by atoms with van der Waals surface area (Å²) in [6.07, 6.45) is 7.72. The van der Waals surface area contributed by atoms with Crippen LogP contribution < -0.4 is 9.47 Å². The molecule has 0 saturated carbocycles. The Bertz CT molecular complexity index is 884. The first-order valence-electron chi connectivity index (χ1n) is 13.6. The predicted octanol–water partition coefficient (Wildman–Crippen LogP) is 5.69. The molecule has 3 rings (SSSR count). The Morgan fingerprint density at radius 2 is 1.69 bits per heavy atom. The fourth-order valence-corrected chi connectivity index (χ4v) is 4.48. The number of nitrogens with zero attached hydrogens (tertiary/aromatic N) is 2. The summed E-state index contributed by atoms with van der Waals surface area (Å²) in [4.78, 5) is 17.6. The van der Waals surface area contributed by atoms with Gasteiger partial charge in [0.1, 0.15) is 6.61 Å². The van der Waals surface area contributed by atoms with Crippen molar-refractivity contribution in [2.45, 2.75) is 65.0 Å². The SMILES string of the molecule is CCCCCCCCC(=O)N(CCN1CCOCC1)Cc1ccc(OCc2ccccc2)c(OC)c1. The lowest BCUT2D eigenvalue weighted by Gasteiger charge is -2.30. The highest BCUT2D eigenvalue weighted by molar-refractivity contribution is 5.76. The molecule has 0 atom stereocenters. The van der Waals surface area contributed by atoms with Gasteiger partial charge in [0.2, 0.25) is 5.91 Å². The second-order valence-electron chi connectivity index (χ2n) is 9.55.